The first-order valence-electron chi connectivity index (χ1n) is 8.91. The average molecular weight is 351 g/mol. The molecule has 2 aliphatic rings. The number of nitrogens with one attached hydrogen (secondary N) is 2. The van der Waals surface area contributed by atoms with Gasteiger partial charge in [0.1, 0.15) is 5.82 Å². The van der Waals surface area contributed by atoms with Crippen LogP contribution in [0.15, 0.2) is 42.9 Å². The fourth-order valence-electron chi connectivity index (χ4n) is 3.66. The van der Waals surface area contributed by atoms with Gasteiger partial charge in [-0.15, -0.1) is 0 Å². The lowest BCUT2D eigenvalue weighted by Crippen LogP contribution is -2.45. The van der Waals surface area contributed by atoms with Gasteiger partial charge in [0.25, 0.3) is 5.91 Å². The Bertz CT molecular complexity index is 803. The van der Waals surface area contributed by atoms with Gasteiger partial charge in [-0.2, -0.15) is 0 Å². The summed E-state index contributed by atoms with van der Waals surface area (Å²) >= 11 is 0. The molecule has 7 nitrogen and oxygen atoms in total. The van der Waals surface area contributed by atoms with Gasteiger partial charge in [0.05, 0.1) is 18.7 Å². The zero-order chi connectivity index (χ0) is 17.9. The largest absolute Gasteiger partial charge is 0.355 e. The number of anilines is 1. The molecule has 1 fully saturated rings. The molecule has 26 heavy (non-hydrogen) atoms. The van der Waals surface area contributed by atoms with Crippen molar-refractivity contribution in [3.63, 3.8) is 0 Å². The van der Waals surface area contributed by atoms with Crippen LogP contribution >= 0.6 is 0 Å². The molecule has 4 rings (SSSR count). The van der Waals surface area contributed by atoms with Crippen molar-refractivity contribution in [3.05, 3.63) is 54.0 Å². The van der Waals surface area contributed by atoms with E-state index in [2.05, 4.69) is 25.5 Å². The van der Waals surface area contributed by atoms with Gasteiger partial charge in [0.2, 0.25) is 5.91 Å². The van der Waals surface area contributed by atoms with Gasteiger partial charge < -0.3 is 15.5 Å². The molecule has 1 atom stereocenters. The van der Waals surface area contributed by atoms with Crippen molar-refractivity contribution in [2.75, 3.05) is 18.0 Å². The van der Waals surface area contributed by atoms with Gasteiger partial charge >= 0.3 is 0 Å². The van der Waals surface area contributed by atoms with E-state index < -0.39 is 0 Å². The molecule has 0 radical (unpaired) electrons. The second kappa shape index (κ2) is 7.11. The zero-order valence-electron chi connectivity index (χ0n) is 14.4. The van der Waals surface area contributed by atoms with Crippen molar-refractivity contribution in [2.24, 2.45) is 0 Å². The van der Waals surface area contributed by atoms with Crippen molar-refractivity contribution < 1.29 is 9.59 Å². The number of carbonyl (C=O) groups is 2. The van der Waals surface area contributed by atoms with Crippen molar-refractivity contribution >= 4 is 17.6 Å². The Morgan fingerprint density at radius 3 is 2.81 bits per heavy atom. The maximum Gasteiger partial charge on any atom is 0.252 e. The first kappa shape index (κ1) is 16.5. The number of amides is 2. The van der Waals surface area contributed by atoms with Crippen LogP contribution in [0.5, 0.6) is 0 Å². The predicted octanol–water partition coefficient (Wildman–Crippen LogP) is 1.44. The van der Waals surface area contributed by atoms with Gasteiger partial charge in [-0.3, -0.25) is 14.6 Å². The van der Waals surface area contributed by atoms with E-state index in [1.54, 1.807) is 24.7 Å². The number of piperidine rings is 1. The van der Waals surface area contributed by atoms with Gasteiger partial charge in [0, 0.05) is 37.1 Å². The molecule has 1 saturated heterocycles. The second-order valence-corrected chi connectivity index (χ2v) is 6.71. The van der Waals surface area contributed by atoms with Gasteiger partial charge in [-0.05, 0) is 24.5 Å². The molecule has 0 bridgehead atoms. The number of hydrogen-bond acceptors (Lipinski definition) is 5. The van der Waals surface area contributed by atoms with Crippen LogP contribution in [0.1, 0.15) is 41.2 Å². The Kier molecular flexibility index (Phi) is 4.51. The van der Waals surface area contributed by atoms with Crippen LogP contribution < -0.4 is 15.5 Å². The third-order valence-corrected chi connectivity index (χ3v) is 5.01. The number of aromatic nitrogens is 2. The standard InChI is InChI=1S/C19H21N5O2/c25-18(11-16-14-3-1-2-4-15(14)19(26)23-16)22-13-5-9-24(10-6-13)17-12-20-7-8-21-17/h1-4,7-8,12-13,16H,5-6,9-11H2,(H,22,25)(H,23,26)/t16-/m1/s1. The normalized spacial score (nSPS) is 19.8. The first-order chi connectivity index (χ1) is 12.7. The Hall–Kier alpha value is -2.96. The molecule has 0 unspecified atom stereocenters. The Morgan fingerprint density at radius 2 is 2.04 bits per heavy atom. The smallest absolute Gasteiger partial charge is 0.252 e. The minimum atomic E-state index is -0.238. The highest BCUT2D eigenvalue weighted by Crippen LogP contribution is 2.27. The highest BCUT2D eigenvalue weighted by molar-refractivity contribution is 5.99. The minimum absolute atomic E-state index is 0.0232. The molecule has 0 saturated carbocycles. The fraction of sp³-hybridized carbons (Fsp3) is 0.368. The fourth-order valence-corrected chi connectivity index (χ4v) is 3.66. The minimum Gasteiger partial charge on any atom is -0.355 e. The van der Waals surface area contributed by atoms with E-state index in [0.29, 0.717) is 5.56 Å². The summed E-state index contributed by atoms with van der Waals surface area (Å²) in [5.41, 5.74) is 1.58. The zero-order valence-corrected chi connectivity index (χ0v) is 14.4. The SMILES string of the molecule is O=C(C[C@H]1NC(=O)c2ccccc21)NC1CCN(c2cnccn2)CC1. The van der Waals surface area contributed by atoms with E-state index in [9.17, 15) is 9.59 Å². The topological polar surface area (TPSA) is 87.2 Å². The molecular weight excluding hydrogens is 330 g/mol. The molecule has 2 amide bonds. The molecule has 3 heterocycles. The quantitative estimate of drug-likeness (QED) is 0.870. The number of carbonyl (C=O) groups excluding carboxylic acids is 2. The molecule has 1 aromatic heterocycles. The summed E-state index contributed by atoms with van der Waals surface area (Å²) in [5, 5.41) is 6.00. The Balaban J connectivity index is 1.29. The van der Waals surface area contributed by atoms with Gasteiger partial charge in [0.15, 0.2) is 0 Å². The van der Waals surface area contributed by atoms with Crippen LogP contribution in [-0.4, -0.2) is 40.9 Å². The molecule has 7 heteroatoms. The molecule has 2 N–H and O–H groups in total. The molecule has 2 aromatic rings. The first-order valence-corrected chi connectivity index (χ1v) is 8.91. The summed E-state index contributed by atoms with van der Waals surface area (Å²) in [7, 11) is 0. The lowest BCUT2D eigenvalue weighted by Gasteiger charge is -2.33. The number of benzene rings is 1. The molecule has 0 spiro atoms. The highest BCUT2D eigenvalue weighted by atomic mass is 16.2. The molecule has 2 aliphatic heterocycles. The van der Waals surface area contributed by atoms with Crippen LogP contribution in [0.25, 0.3) is 0 Å². The van der Waals surface area contributed by atoms with Crippen molar-refractivity contribution in [1.82, 2.24) is 20.6 Å². The maximum atomic E-state index is 12.4. The van der Waals surface area contributed by atoms with Crippen molar-refractivity contribution in [1.29, 1.82) is 0 Å². The number of nitrogens with zero attached hydrogens (tertiary/aromatic N) is 3. The van der Waals surface area contributed by atoms with E-state index in [0.717, 1.165) is 37.3 Å². The van der Waals surface area contributed by atoms with E-state index in [1.807, 2.05) is 18.2 Å². The lowest BCUT2D eigenvalue weighted by molar-refractivity contribution is -0.122. The number of hydrogen-bond donors (Lipinski definition) is 2. The molecule has 134 valence electrons. The highest BCUT2D eigenvalue weighted by Gasteiger charge is 2.30. The average Bonchev–Trinajstić information content (AvgIpc) is 2.99. The van der Waals surface area contributed by atoms with Crippen LogP contribution in [0.2, 0.25) is 0 Å². The van der Waals surface area contributed by atoms with E-state index in [-0.39, 0.29) is 30.3 Å². The summed E-state index contributed by atoms with van der Waals surface area (Å²) in [5.74, 6) is 0.753. The van der Waals surface area contributed by atoms with Crippen LogP contribution in [-0.2, 0) is 4.79 Å². The van der Waals surface area contributed by atoms with E-state index in [1.165, 1.54) is 0 Å². The molecular formula is C19H21N5O2. The molecule has 1 aromatic carbocycles. The monoisotopic (exact) mass is 351 g/mol. The van der Waals surface area contributed by atoms with Crippen LogP contribution in [0.4, 0.5) is 5.82 Å². The summed E-state index contributed by atoms with van der Waals surface area (Å²) < 4.78 is 0. The third-order valence-electron chi connectivity index (χ3n) is 5.01. The van der Waals surface area contributed by atoms with Gasteiger partial charge in [-0.1, -0.05) is 18.2 Å². The lowest BCUT2D eigenvalue weighted by atomic mass is 10.0. The summed E-state index contributed by atoms with van der Waals surface area (Å²) in [6, 6.07) is 7.36. The molecule has 0 aliphatic carbocycles. The van der Waals surface area contributed by atoms with Gasteiger partial charge in [-0.25, -0.2) is 4.98 Å². The predicted molar refractivity (Wildman–Crippen MR) is 96.7 cm³/mol. The second-order valence-electron chi connectivity index (χ2n) is 6.71. The summed E-state index contributed by atoms with van der Waals surface area (Å²) in [4.78, 5) is 35.0. The Labute approximate surface area is 151 Å². The van der Waals surface area contributed by atoms with Crippen LogP contribution in [0, 0.1) is 0 Å². The van der Waals surface area contributed by atoms with Crippen molar-refractivity contribution in [3.8, 4) is 0 Å². The van der Waals surface area contributed by atoms with Crippen molar-refractivity contribution in [2.45, 2.75) is 31.3 Å². The number of fused-ring (bicyclic) bond motifs is 1. The summed E-state index contributed by atoms with van der Waals surface area (Å²) in [6.07, 6.45) is 7.13. The number of rotatable bonds is 4. The van der Waals surface area contributed by atoms with Crippen LogP contribution in [0.3, 0.4) is 0 Å². The Morgan fingerprint density at radius 1 is 1.23 bits per heavy atom. The van der Waals surface area contributed by atoms with E-state index in [4.69, 9.17) is 0 Å². The summed E-state index contributed by atoms with van der Waals surface area (Å²) in [6.45, 7) is 1.68. The third kappa shape index (κ3) is 3.37. The van der Waals surface area contributed by atoms with E-state index >= 15 is 0 Å². The maximum absolute atomic E-state index is 12.4.